The second kappa shape index (κ2) is 8.82. The van der Waals surface area contributed by atoms with Gasteiger partial charge < -0.3 is 9.64 Å². The van der Waals surface area contributed by atoms with E-state index in [4.69, 9.17) is 16.3 Å². The lowest BCUT2D eigenvalue weighted by Crippen LogP contribution is -2.39. The first-order valence-corrected chi connectivity index (χ1v) is 10.5. The third-order valence-electron chi connectivity index (χ3n) is 5.41. The van der Waals surface area contributed by atoms with Crippen molar-refractivity contribution >= 4 is 23.2 Å². The third-order valence-corrected chi connectivity index (χ3v) is 5.64. The number of amides is 1. The van der Waals surface area contributed by atoms with Gasteiger partial charge in [0, 0.05) is 36.6 Å². The van der Waals surface area contributed by atoms with Gasteiger partial charge in [0.2, 0.25) is 5.91 Å². The van der Waals surface area contributed by atoms with Crippen molar-refractivity contribution in [2.75, 3.05) is 19.7 Å². The first-order valence-electron chi connectivity index (χ1n) is 10.1. The summed E-state index contributed by atoms with van der Waals surface area (Å²) in [5, 5.41) is 9.33. The molecule has 0 aliphatic carbocycles. The Labute approximate surface area is 175 Å². The summed E-state index contributed by atoms with van der Waals surface area (Å²) in [6.07, 6.45) is 5.18. The summed E-state index contributed by atoms with van der Waals surface area (Å²) in [6.45, 7) is 3.99. The maximum absolute atomic E-state index is 12.7. The number of pyridine rings is 1. The maximum atomic E-state index is 12.7. The summed E-state index contributed by atoms with van der Waals surface area (Å²) < 4.78 is 7.84. The summed E-state index contributed by atoms with van der Waals surface area (Å²) in [4.78, 5) is 14.7. The monoisotopic (exact) mass is 412 g/mol. The van der Waals surface area contributed by atoms with E-state index in [1.54, 1.807) is 0 Å². The van der Waals surface area contributed by atoms with Crippen LogP contribution in [-0.2, 0) is 4.79 Å². The zero-order valence-corrected chi connectivity index (χ0v) is 17.3. The number of hydrogen-bond acceptors (Lipinski definition) is 4. The second-order valence-electron chi connectivity index (χ2n) is 7.53. The number of likely N-dealkylation sites (tertiary alicyclic amines) is 1. The Hall–Kier alpha value is -2.60. The quantitative estimate of drug-likeness (QED) is 0.567. The number of piperidine rings is 1. The molecule has 0 N–H and O–H groups in total. The van der Waals surface area contributed by atoms with Crippen molar-refractivity contribution in [1.29, 1.82) is 0 Å². The number of carbonyl (C=O) groups is 1. The zero-order chi connectivity index (χ0) is 20.2. The minimum atomic E-state index is 0.181. The largest absolute Gasteiger partial charge is 0.493 e. The molecular formula is C22H25ClN4O2. The van der Waals surface area contributed by atoms with Crippen LogP contribution in [0, 0.1) is 6.92 Å². The Morgan fingerprint density at radius 2 is 2.17 bits per heavy atom. The number of benzene rings is 1. The first-order chi connectivity index (χ1) is 14.1. The lowest BCUT2D eigenvalue weighted by Gasteiger charge is -2.32. The second-order valence-corrected chi connectivity index (χ2v) is 7.96. The van der Waals surface area contributed by atoms with Gasteiger partial charge in [-0.15, -0.1) is 10.2 Å². The molecule has 0 radical (unpaired) electrons. The van der Waals surface area contributed by atoms with E-state index in [1.807, 2.05) is 58.8 Å². The number of carbonyl (C=O) groups excluding carboxylic acids is 1. The topological polar surface area (TPSA) is 59.7 Å². The van der Waals surface area contributed by atoms with E-state index < -0.39 is 0 Å². The Morgan fingerprint density at radius 1 is 1.28 bits per heavy atom. The molecule has 1 aliphatic heterocycles. The average Bonchev–Trinajstić information content (AvgIpc) is 3.16. The smallest absolute Gasteiger partial charge is 0.222 e. The van der Waals surface area contributed by atoms with E-state index >= 15 is 0 Å². The summed E-state index contributed by atoms with van der Waals surface area (Å²) in [5.74, 6) is 2.16. The summed E-state index contributed by atoms with van der Waals surface area (Å²) in [7, 11) is 0. The van der Waals surface area contributed by atoms with Gasteiger partial charge in [-0.1, -0.05) is 17.7 Å². The minimum absolute atomic E-state index is 0.181. The summed E-state index contributed by atoms with van der Waals surface area (Å²) >= 11 is 5.97. The van der Waals surface area contributed by atoms with Crippen LogP contribution in [-0.4, -0.2) is 45.1 Å². The third kappa shape index (κ3) is 4.53. The van der Waals surface area contributed by atoms with Crippen molar-refractivity contribution in [1.82, 2.24) is 19.5 Å². The van der Waals surface area contributed by atoms with E-state index in [0.29, 0.717) is 31.0 Å². The van der Waals surface area contributed by atoms with Gasteiger partial charge in [-0.25, -0.2) is 0 Å². The number of ether oxygens (including phenoxy) is 1. The highest BCUT2D eigenvalue weighted by Gasteiger charge is 2.27. The van der Waals surface area contributed by atoms with Crippen LogP contribution in [0.4, 0.5) is 0 Å². The molecule has 1 atom stereocenters. The lowest BCUT2D eigenvalue weighted by atomic mass is 9.97. The normalized spacial score (nSPS) is 16.9. The predicted molar refractivity (Wildman–Crippen MR) is 112 cm³/mol. The van der Waals surface area contributed by atoms with Crippen molar-refractivity contribution in [3.05, 3.63) is 59.0 Å². The van der Waals surface area contributed by atoms with Gasteiger partial charge in [0.05, 0.1) is 6.61 Å². The van der Waals surface area contributed by atoms with Crippen molar-refractivity contribution in [2.24, 2.45) is 0 Å². The number of fused-ring (bicyclic) bond motifs is 1. The van der Waals surface area contributed by atoms with Crippen LogP contribution < -0.4 is 4.74 Å². The standard InChI is InChI=1S/C22H25ClN4O2/c1-16-14-18(23)9-10-19(16)29-13-5-8-21(28)26-11-4-6-17(15-26)22-25-24-20-7-2-3-12-27(20)22/h2-3,7,9-10,12,14,17H,4-6,8,11,13,15H2,1H3/t17-/m0/s1. The van der Waals surface area contributed by atoms with Crippen molar-refractivity contribution in [3.63, 3.8) is 0 Å². The van der Waals surface area contributed by atoms with Crippen molar-refractivity contribution in [3.8, 4) is 5.75 Å². The van der Waals surface area contributed by atoms with E-state index in [2.05, 4.69) is 10.2 Å². The highest BCUT2D eigenvalue weighted by atomic mass is 35.5. The molecule has 0 spiro atoms. The van der Waals surface area contributed by atoms with Gasteiger partial charge in [0.15, 0.2) is 5.65 Å². The van der Waals surface area contributed by atoms with Crippen LogP contribution in [0.2, 0.25) is 5.02 Å². The van der Waals surface area contributed by atoms with E-state index in [9.17, 15) is 4.79 Å². The molecule has 1 aliphatic rings. The molecule has 4 rings (SSSR count). The molecule has 1 saturated heterocycles. The molecule has 3 aromatic rings. The number of nitrogens with zero attached hydrogens (tertiary/aromatic N) is 4. The fourth-order valence-electron chi connectivity index (χ4n) is 3.89. The number of halogens is 1. The molecule has 3 heterocycles. The molecule has 1 fully saturated rings. The van der Waals surface area contributed by atoms with Gasteiger partial charge in [-0.3, -0.25) is 9.20 Å². The highest BCUT2D eigenvalue weighted by Crippen LogP contribution is 2.27. The number of hydrogen-bond donors (Lipinski definition) is 0. The Morgan fingerprint density at radius 3 is 3.03 bits per heavy atom. The Bertz CT molecular complexity index is 1000. The van der Waals surface area contributed by atoms with E-state index in [1.165, 1.54) is 0 Å². The number of aryl methyl sites for hydroxylation is 1. The maximum Gasteiger partial charge on any atom is 0.222 e. The molecule has 1 amide bonds. The van der Waals surface area contributed by atoms with Crippen LogP contribution in [0.25, 0.3) is 5.65 Å². The molecule has 7 heteroatoms. The van der Waals surface area contributed by atoms with Gasteiger partial charge in [-0.2, -0.15) is 0 Å². The Balaban J connectivity index is 1.29. The van der Waals surface area contributed by atoms with Gasteiger partial charge in [-0.05, 0) is 62.1 Å². The predicted octanol–water partition coefficient (Wildman–Crippen LogP) is 4.26. The van der Waals surface area contributed by atoms with Crippen LogP contribution in [0.3, 0.4) is 0 Å². The molecule has 1 aromatic carbocycles. The van der Waals surface area contributed by atoms with Gasteiger partial charge >= 0.3 is 0 Å². The van der Waals surface area contributed by atoms with Crippen LogP contribution in [0.1, 0.15) is 43.0 Å². The van der Waals surface area contributed by atoms with Crippen molar-refractivity contribution < 1.29 is 9.53 Å². The summed E-state index contributed by atoms with van der Waals surface area (Å²) in [6, 6.07) is 11.5. The van der Waals surface area contributed by atoms with Crippen LogP contribution in [0.5, 0.6) is 5.75 Å². The molecule has 29 heavy (non-hydrogen) atoms. The summed E-state index contributed by atoms with van der Waals surface area (Å²) in [5.41, 5.74) is 1.85. The average molecular weight is 413 g/mol. The molecular weight excluding hydrogens is 388 g/mol. The van der Waals surface area contributed by atoms with E-state index in [0.717, 1.165) is 42.2 Å². The number of rotatable bonds is 6. The number of aromatic nitrogens is 3. The zero-order valence-electron chi connectivity index (χ0n) is 16.6. The molecule has 0 unspecified atom stereocenters. The molecule has 0 bridgehead atoms. The van der Waals surface area contributed by atoms with E-state index in [-0.39, 0.29) is 11.8 Å². The molecule has 152 valence electrons. The highest BCUT2D eigenvalue weighted by molar-refractivity contribution is 6.30. The van der Waals surface area contributed by atoms with Gasteiger partial charge in [0.1, 0.15) is 11.6 Å². The lowest BCUT2D eigenvalue weighted by molar-refractivity contribution is -0.132. The molecule has 6 nitrogen and oxygen atoms in total. The first kappa shape index (κ1) is 19.7. The van der Waals surface area contributed by atoms with Crippen LogP contribution in [0.15, 0.2) is 42.6 Å². The molecule has 2 aromatic heterocycles. The fraction of sp³-hybridized carbons (Fsp3) is 0.409. The SMILES string of the molecule is Cc1cc(Cl)ccc1OCCCC(=O)N1CCC[C@H](c2nnc3ccccn23)C1. The molecule has 0 saturated carbocycles. The van der Waals surface area contributed by atoms with Crippen molar-refractivity contribution in [2.45, 2.75) is 38.5 Å². The fourth-order valence-corrected chi connectivity index (χ4v) is 4.12. The Kier molecular flexibility index (Phi) is 6.00. The van der Waals surface area contributed by atoms with Crippen LogP contribution >= 0.6 is 11.6 Å². The minimum Gasteiger partial charge on any atom is -0.493 e. The van der Waals surface area contributed by atoms with Gasteiger partial charge in [0.25, 0.3) is 0 Å².